The van der Waals surface area contributed by atoms with Gasteiger partial charge in [0.05, 0.1) is 6.26 Å². The number of rotatable bonds is 5. The monoisotopic (exact) mass is 294 g/mol. The van der Waals surface area contributed by atoms with Gasteiger partial charge in [0.15, 0.2) is 0 Å². The zero-order chi connectivity index (χ0) is 15.8. The van der Waals surface area contributed by atoms with E-state index in [0.717, 1.165) is 15.5 Å². The Morgan fingerprint density at radius 1 is 1.00 bits per heavy atom. The first kappa shape index (κ1) is 17.8. The van der Waals surface area contributed by atoms with Gasteiger partial charge in [0.2, 0.25) is 15.9 Å². The molecule has 0 unspecified atom stereocenters. The minimum absolute atomic E-state index is 0.590. The normalized spacial score (nSPS) is 13.5. The lowest BCUT2D eigenvalue weighted by Gasteiger charge is -2.40. The van der Waals surface area contributed by atoms with Gasteiger partial charge in [0.25, 0.3) is 0 Å². The summed E-state index contributed by atoms with van der Waals surface area (Å²) in [5, 5.41) is 9.10. The number of likely N-dealkylation sites (N-methyl/N-ethyl adjacent to an activating group) is 2. The second kappa shape index (κ2) is 5.09. The molecule has 8 heteroatoms. The number of carbonyl (C=O) groups excluding carboxylic acids is 1. The largest absolute Gasteiger partial charge is 0.480 e. The molecule has 0 aliphatic rings. The number of carboxylic acids is 1. The Balaban J connectivity index is 5.49. The van der Waals surface area contributed by atoms with Crippen LogP contribution in [0.3, 0.4) is 0 Å². The summed E-state index contributed by atoms with van der Waals surface area (Å²) in [5.74, 6) is -1.76. The Morgan fingerprint density at radius 3 is 1.63 bits per heavy atom. The topological polar surface area (TPSA) is 95.0 Å². The van der Waals surface area contributed by atoms with Crippen LogP contribution >= 0.6 is 0 Å². The third-order valence-corrected chi connectivity index (χ3v) is 4.93. The van der Waals surface area contributed by atoms with Gasteiger partial charge in [-0.1, -0.05) is 0 Å². The molecule has 112 valence electrons. The predicted octanol–water partition coefficient (Wildman–Crippen LogP) is -0.0220. The smallest absolute Gasteiger partial charge is 0.329 e. The standard InChI is InChI=1S/C11H22N2O5S/c1-10(2,13(6)19(7,17)18)8(14)12(5)11(3,4)9(15)16/h1-7H3,(H,15,16). The molecular formula is C11H22N2O5S. The summed E-state index contributed by atoms with van der Waals surface area (Å²) in [6, 6.07) is 0. The second-order valence-electron chi connectivity index (χ2n) is 5.52. The van der Waals surface area contributed by atoms with Crippen molar-refractivity contribution in [3.05, 3.63) is 0 Å². The molecule has 19 heavy (non-hydrogen) atoms. The van der Waals surface area contributed by atoms with Crippen LogP contribution in [0.2, 0.25) is 0 Å². The van der Waals surface area contributed by atoms with E-state index in [1.807, 2.05) is 0 Å². The molecule has 0 aromatic rings. The highest BCUT2D eigenvalue weighted by Crippen LogP contribution is 2.23. The van der Waals surface area contributed by atoms with Gasteiger partial charge in [0.1, 0.15) is 11.1 Å². The van der Waals surface area contributed by atoms with Gasteiger partial charge in [-0.2, -0.15) is 4.31 Å². The maximum Gasteiger partial charge on any atom is 0.329 e. The summed E-state index contributed by atoms with van der Waals surface area (Å²) in [7, 11) is -0.938. The van der Waals surface area contributed by atoms with Gasteiger partial charge < -0.3 is 10.0 Å². The summed E-state index contributed by atoms with van der Waals surface area (Å²) >= 11 is 0. The predicted molar refractivity (Wildman–Crippen MR) is 71.2 cm³/mol. The van der Waals surface area contributed by atoms with Crippen LogP contribution in [0.25, 0.3) is 0 Å². The van der Waals surface area contributed by atoms with Crippen LogP contribution in [0.5, 0.6) is 0 Å². The van der Waals surface area contributed by atoms with E-state index in [2.05, 4.69) is 0 Å². The fourth-order valence-corrected chi connectivity index (χ4v) is 2.26. The van der Waals surface area contributed by atoms with Gasteiger partial charge in [-0.3, -0.25) is 4.79 Å². The molecule has 0 fully saturated rings. The van der Waals surface area contributed by atoms with Crippen molar-refractivity contribution in [3.63, 3.8) is 0 Å². The Morgan fingerprint density at radius 2 is 1.37 bits per heavy atom. The average Bonchev–Trinajstić information content (AvgIpc) is 2.24. The van der Waals surface area contributed by atoms with Crippen molar-refractivity contribution in [1.29, 1.82) is 0 Å². The first-order valence-electron chi connectivity index (χ1n) is 5.62. The number of hydrogen-bond acceptors (Lipinski definition) is 4. The zero-order valence-electron chi connectivity index (χ0n) is 12.4. The molecule has 0 spiro atoms. The van der Waals surface area contributed by atoms with Crippen molar-refractivity contribution in [2.24, 2.45) is 0 Å². The number of sulfonamides is 1. The van der Waals surface area contributed by atoms with E-state index in [9.17, 15) is 18.0 Å². The molecular weight excluding hydrogens is 272 g/mol. The number of nitrogens with zero attached hydrogens (tertiary/aromatic N) is 2. The minimum atomic E-state index is -3.57. The highest BCUT2D eigenvalue weighted by molar-refractivity contribution is 7.88. The van der Waals surface area contributed by atoms with Crippen LogP contribution in [-0.4, -0.2) is 66.0 Å². The van der Waals surface area contributed by atoms with Crippen LogP contribution in [0.15, 0.2) is 0 Å². The number of amides is 1. The van der Waals surface area contributed by atoms with E-state index in [-0.39, 0.29) is 0 Å². The van der Waals surface area contributed by atoms with E-state index in [1.54, 1.807) is 0 Å². The Bertz CT molecular complexity index is 481. The molecule has 1 amide bonds. The van der Waals surface area contributed by atoms with Crippen molar-refractivity contribution in [2.75, 3.05) is 20.4 Å². The molecule has 7 nitrogen and oxygen atoms in total. The molecule has 0 heterocycles. The number of aliphatic carboxylic acids is 1. The molecule has 0 bridgehead atoms. The van der Waals surface area contributed by atoms with Gasteiger partial charge in [-0.15, -0.1) is 0 Å². The fraction of sp³-hybridized carbons (Fsp3) is 0.818. The molecule has 0 saturated heterocycles. The van der Waals surface area contributed by atoms with E-state index < -0.39 is 33.0 Å². The van der Waals surface area contributed by atoms with Gasteiger partial charge in [0, 0.05) is 14.1 Å². The third kappa shape index (κ3) is 3.44. The van der Waals surface area contributed by atoms with E-state index in [4.69, 9.17) is 5.11 Å². The molecule has 0 aromatic carbocycles. The summed E-state index contributed by atoms with van der Waals surface area (Å²) < 4.78 is 24.0. The van der Waals surface area contributed by atoms with E-state index in [0.29, 0.717) is 0 Å². The SMILES string of the molecule is CN(C(=O)C(C)(C)N(C)S(C)(=O)=O)C(C)(C)C(=O)O. The van der Waals surface area contributed by atoms with Crippen LogP contribution < -0.4 is 0 Å². The first-order chi connectivity index (χ1) is 8.16. The molecule has 0 aliphatic heterocycles. The van der Waals surface area contributed by atoms with Crippen molar-refractivity contribution in [3.8, 4) is 0 Å². The Labute approximate surface area is 114 Å². The lowest BCUT2D eigenvalue weighted by atomic mass is 9.97. The molecule has 0 rings (SSSR count). The van der Waals surface area contributed by atoms with Crippen LogP contribution in [0, 0.1) is 0 Å². The van der Waals surface area contributed by atoms with Crippen molar-refractivity contribution < 1.29 is 23.1 Å². The fourth-order valence-electron chi connectivity index (χ4n) is 1.36. The number of carbonyl (C=O) groups is 2. The van der Waals surface area contributed by atoms with E-state index >= 15 is 0 Å². The van der Waals surface area contributed by atoms with Gasteiger partial charge in [-0.05, 0) is 27.7 Å². The van der Waals surface area contributed by atoms with Gasteiger partial charge in [-0.25, -0.2) is 13.2 Å². The van der Waals surface area contributed by atoms with Gasteiger partial charge >= 0.3 is 5.97 Å². The second-order valence-corrected chi connectivity index (χ2v) is 7.53. The van der Waals surface area contributed by atoms with Crippen LogP contribution in [-0.2, 0) is 19.6 Å². The molecule has 0 radical (unpaired) electrons. The highest BCUT2D eigenvalue weighted by Gasteiger charge is 2.45. The molecule has 0 aliphatic carbocycles. The Hall–Kier alpha value is -1.15. The summed E-state index contributed by atoms with van der Waals surface area (Å²) in [4.78, 5) is 24.5. The first-order valence-corrected chi connectivity index (χ1v) is 7.47. The van der Waals surface area contributed by atoms with Crippen molar-refractivity contribution in [2.45, 2.75) is 38.8 Å². The lowest BCUT2D eigenvalue weighted by molar-refractivity contribution is -0.158. The third-order valence-electron chi connectivity index (χ3n) is 3.47. The molecule has 0 saturated carbocycles. The van der Waals surface area contributed by atoms with Crippen molar-refractivity contribution >= 4 is 21.9 Å². The summed E-state index contributed by atoms with van der Waals surface area (Å²) in [6.45, 7) is 5.63. The van der Waals surface area contributed by atoms with Crippen molar-refractivity contribution in [1.82, 2.24) is 9.21 Å². The summed E-state index contributed by atoms with van der Waals surface area (Å²) in [6.07, 6.45) is 0.990. The minimum Gasteiger partial charge on any atom is -0.480 e. The van der Waals surface area contributed by atoms with Crippen LogP contribution in [0.1, 0.15) is 27.7 Å². The maximum absolute atomic E-state index is 12.4. The molecule has 0 aromatic heterocycles. The zero-order valence-corrected chi connectivity index (χ0v) is 13.2. The molecule has 0 atom stereocenters. The molecule has 1 N–H and O–H groups in total. The Kier molecular flexibility index (Phi) is 4.78. The lowest BCUT2D eigenvalue weighted by Crippen LogP contribution is -2.61. The maximum atomic E-state index is 12.4. The number of hydrogen-bond donors (Lipinski definition) is 1. The van der Waals surface area contributed by atoms with Crippen LogP contribution in [0.4, 0.5) is 0 Å². The average molecular weight is 294 g/mol. The quantitative estimate of drug-likeness (QED) is 0.769. The number of carboxylic acid groups (broad SMARTS) is 1. The summed E-state index contributed by atoms with van der Waals surface area (Å²) in [5.41, 5.74) is -2.79. The van der Waals surface area contributed by atoms with E-state index in [1.165, 1.54) is 41.8 Å². The highest BCUT2D eigenvalue weighted by atomic mass is 32.2.